The number of para-hydroxylation sites is 4. The predicted octanol–water partition coefficient (Wildman–Crippen LogP) is 16.6. The molecule has 0 spiro atoms. The van der Waals surface area contributed by atoms with Gasteiger partial charge >= 0.3 is 0 Å². The summed E-state index contributed by atoms with van der Waals surface area (Å²) in [6.07, 6.45) is 6.79. The zero-order valence-corrected chi connectivity index (χ0v) is 46.2. The molecular weight excluding hydrogens is 1300 g/mol. The van der Waals surface area contributed by atoms with E-state index >= 15 is 0 Å². The normalized spacial score (nSPS) is 11.8. The van der Waals surface area contributed by atoms with Crippen LogP contribution in [-0.2, 0) is 42.1 Å². The number of hydrogen-bond acceptors (Lipinski definition) is 8. The molecular formula is C64H52N10Pt2-6. The third kappa shape index (κ3) is 15.3. The molecule has 0 unspecified atom stereocenters. The second-order valence-corrected chi connectivity index (χ2v) is 16.6. The van der Waals surface area contributed by atoms with E-state index in [1.54, 1.807) is 12.7 Å². The van der Waals surface area contributed by atoms with Crippen molar-refractivity contribution in [3.63, 3.8) is 0 Å². The van der Waals surface area contributed by atoms with Gasteiger partial charge in [0.1, 0.15) is 11.6 Å². The minimum Gasteiger partial charge on any atom is -0.502 e. The minimum atomic E-state index is 0. The van der Waals surface area contributed by atoms with Crippen LogP contribution in [0.5, 0.6) is 0 Å². The van der Waals surface area contributed by atoms with Gasteiger partial charge in [-0.25, -0.2) is 9.97 Å². The molecule has 384 valence electrons. The van der Waals surface area contributed by atoms with Crippen molar-refractivity contribution in [2.24, 2.45) is 9.98 Å². The minimum absolute atomic E-state index is 0. The van der Waals surface area contributed by atoms with E-state index < -0.39 is 0 Å². The van der Waals surface area contributed by atoms with Crippen molar-refractivity contribution >= 4 is 69.8 Å². The Morgan fingerprint density at radius 2 is 0.750 bits per heavy atom. The zero-order valence-electron chi connectivity index (χ0n) is 41.7. The quantitative estimate of drug-likeness (QED) is 0.0770. The number of anilines is 6. The maximum atomic E-state index is 4.50. The molecule has 0 saturated carbocycles. The van der Waals surface area contributed by atoms with Crippen molar-refractivity contribution in [1.82, 2.24) is 9.97 Å². The SMILES string of the molecule is C(=Nc1ccccc1)[N-]c1ccccc1.C(=Nc1ccccc1)[N-]c1ccccc1.CN1[CH-]N(c2[c-]ccc(-c3ccccc3)c2)c2ncccc21.CN1[CH-]N(c2[c-]ccc(-c3ccccc3)c2)c2ncccc21.[Pt].[Pt]. The average Bonchev–Trinajstić information content (AvgIpc) is 4.01. The summed E-state index contributed by atoms with van der Waals surface area (Å²) < 4.78 is 0. The standard InChI is InChI=1S/2C19H15N3.2C13H11N2.2Pt/c2*1-21-14-22(19-18(21)11-6-12-20-19)17-10-5-9-16(13-17)15-7-3-2-4-8-15;2*1-3-7-12(8-4-1)14-11-15-13-9-5-2-6-10-13;;/h2*2-9,11-14H,1H3;2*1-11H;;/q2*-2;2*-1;;. The van der Waals surface area contributed by atoms with Crippen LogP contribution in [-0.4, -0.2) is 36.7 Å². The number of benzene rings is 8. The molecule has 2 aliphatic heterocycles. The molecule has 0 saturated heterocycles. The molecule has 76 heavy (non-hydrogen) atoms. The monoisotopic (exact) mass is 1350 g/mol. The number of rotatable bonds is 10. The van der Waals surface area contributed by atoms with E-state index in [0.29, 0.717) is 0 Å². The van der Waals surface area contributed by atoms with Gasteiger partial charge in [0, 0.05) is 65.9 Å². The fourth-order valence-electron chi connectivity index (χ4n) is 7.82. The van der Waals surface area contributed by atoms with Gasteiger partial charge in [-0.2, -0.15) is 49.7 Å². The molecule has 10 aromatic rings. The van der Waals surface area contributed by atoms with Crippen molar-refractivity contribution in [3.8, 4) is 22.3 Å². The summed E-state index contributed by atoms with van der Waals surface area (Å²) in [6.45, 7) is 4.08. The van der Waals surface area contributed by atoms with Gasteiger partial charge in [0.15, 0.2) is 0 Å². The molecule has 0 radical (unpaired) electrons. The number of fused-ring (bicyclic) bond motifs is 2. The van der Waals surface area contributed by atoms with E-state index in [1.807, 2.05) is 198 Å². The Morgan fingerprint density at radius 3 is 1.12 bits per heavy atom. The van der Waals surface area contributed by atoms with Crippen LogP contribution in [0.15, 0.2) is 265 Å². The van der Waals surface area contributed by atoms with E-state index in [-0.39, 0.29) is 42.1 Å². The van der Waals surface area contributed by atoms with Gasteiger partial charge in [0.25, 0.3) is 0 Å². The van der Waals surface area contributed by atoms with E-state index in [4.69, 9.17) is 0 Å². The molecule has 0 bridgehead atoms. The first kappa shape index (κ1) is 55.3. The van der Waals surface area contributed by atoms with Gasteiger partial charge in [0.05, 0.1) is 0 Å². The maximum Gasteiger partial charge on any atom is 0.124 e. The van der Waals surface area contributed by atoms with Crippen molar-refractivity contribution < 1.29 is 42.1 Å². The number of aliphatic imine (C=N–C) groups is 2. The first-order chi connectivity index (χ1) is 36.6. The molecule has 0 aliphatic carbocycles. The van der Waals surface area contributed by atoms with Crippen LogP contribution in [0.3, 0.4) is 0 Å². The Labute approximate surface area is 475 Å². The third-order valence-corrected chi connectivity index (χ3v) is 11.5. The number of aromatic nitrogens is 2. The summed E-state index contributed by atoms with van der Waals surface area (Å²) in [4.78, 5) is 25.7. The largest absolute Gasteiger partial charge is 0.502 e. The Morgan fingerprint density at radius 1 is 0.408 bits per heavy atom. The van der Waals surface area contributed by atoms with Crippen LogP contribution in [0.2, 0.25) is 0 Å². The fourth-order valence-corrected chi connectivity index (χ4v) is 7.82. The van der Waals surface area contributed by atoms with Crippen LogP contribution in [0, 0.1) is 25.5 Å². The zero-order chi connectivity index (χ0) is 50.6. The molecule has 0 atom stereocenters. The van der Waals surface area contributed by atoms with E-state index in [9.17, 15) is 0 Å². The predicted molar refractivity (Wildman–Crippen MR) is 308 cm³/mol. The molecule has 10 nitrogen and oxygen atoms in total. The molecule has 2 aromatic heterocycles. The van der Waals surface area contributed by atoms with E-state index in [0.717, 1.165) is 57.1 Å². The molecule has 12 heteroatoms. The summed E-state index contributed by atoms with van der Waals surface area (Å²) in [5.74, 6) is 1.87. The number of nitrogens with zero attached hydrogens (tertiary/aromatic N) is 10. The first-order valence-electron chi connectivity index (χ1n) is 24.0. The van der Waals surface area contributed by atoms with Crippen LogP contribution in [0.4, 0.5) is 57.1 Å². The summed E-state index contributed by atoms with van der Waals surface area (Å²) in [5, 5.41) is 8.42. The second-order valence-electron chi connectivity index (χ2n) is 16.6. The van der Waals surface area contributed by atoms with Gasteiger partial charge in [0.2, 0.25) is 0 Å². The van der Waals surface area contributed by atoms with Gasteiger partial charge < -0.3 is 40.2 Å². The topological polar surface area (TPSA) is 91.7 Å². The summed E-state index contributed by atoms with van der Waals surface area (Å²) in [7, 11) is 4.06. The van der Waals surface area contributed by atoms with Gasteiger partial charge in [-0.15, -0.1) is 34.6 Å². The Balaban J connectivity index is 0.000000149. The second kappa shape index (κ2) is 28.9. The van der Waals surface area contributed by atoms with E-state index in [2.05, 4.69) is 147 Å². The number of pyridine rings is 2. The molecule has 2 aliphatic rings. The Bertz CT molecular complexity index is 3110. The Kier molecular flexibility index (Phi) is 21.0. The van der Waals surface area contributed by atoms with Crippen LogP contribution in [0.1, 0.15) is 0 Å². The first-order valence-corrected chi connectivity index (χ1v) is 24.0. The van der Waals surface area contributed by atoms with Gasteiger partial charge in [-0.05, 0) is 72.2 Å². The Hall–Kier alpha value is -8.42. The van der Waals surface area contributed by atoms with Crippen LogP contribution in [0.25, 0.3) is 32.9 Å². The molecule has 0 amide bonds. The average molecular weight is 1350 g/mol. The fraction of sp³-hybridized carbons (Fsp3) is 0.0312. The van der Waals surface area contributed by atoms with E-state index in [1.165, 1.54) is 22.3 Å². The van der Waals surface area contributed by atoms with Crippen molar-refractivity contribution in [2.75, 3.05) is 33.7 Å². The summed E-state index contributed by atoms with van der Waals surface area (Å²) in [5.41, 5.74) is 12.6. The molecule has 4 heterocycles. The van der Waals surface area contributed by atoms with Crippen LogP contribution >= 0.6 is 0 Å². The van der Waals surface area contributed by atoms with Crippen LogP contribution < -0.4 is 19.6 Å². The summed E-state index contributed by atoms with van der Waals surface area (Å²) >= 11 is 0. The van der Waals surface area contributed by atoms with Crippen molar-refractivity contribution in [3.05, 3.63) is 291 Å². The number of hydrogen-bond donors (Lipinski definition) is 0. The summed E-state index contributed by atoms with van der Waals surface area (Å²) in [6, 6.07) is 86.8. The molecule has 12 rings (SSSR count). The van der Waals surface area contributed by atoms with Crippen molar-refractivity contribution in [2.45, 2.75) is 0 Å². The smallest absolute Gasteiger partial charge is 0.124 e. The van der Waals surface area contributed by atoms with Gasteiger partial charge in [-0.3, -0.25) is 0 Å². The third-order valence-electron chi connectivity index (χ3n) is 11.5. The maximum absolute atomic E-state index is 4.50. The molecule has 0 fully saturated rings. The molecule has 8 aromatic carbocycles. The van der Waals surface area contributed by atoms with Crippen molar-refractivity contribution in [1.29, 1.82) is 0 Å². The molecule has 0 N–H and O–H groups in total. The van der Waals surface area contributed by atoms with Gasteiger partial charge in [-0.1, -0.05) is 195 Å².